The fourth-order valence-electron chi connectivity index (χ4n) is 4.26. The number of hydrogen-bond acceptors (Lipinski definition) is 2. The van der Waals surface area contributed by atoms with Crippen molar-refractivity contribution in [2.24, 2.45) is 0 Å². The van der Waals surface area contributed by atoms with Crippen molar-refractivity contribution in [3.8, 4) is 11.8 Å². The highest BCUT2D eigenvalue weighted by Gasteiger charge is 2.48. The van der Waals surface area contributed by atoms with Crippen LogP contribution in [-0.4, -0.2) is 30.6 Å². The molecule has 0 N–H and O–H groups in total. The van der Waals surface area contributed by atoms with Crippen LogP contribution in [0.3, 0.4) is 0 Å². The van der Waals surface area contributed by atoms with Crippen LogP contribution in [0.25, 0.3) is 0 Å². The molecule has 0 aromatic carbocycles. The van der Waals surface area contributed by atoms with Crippen LogP contribution < -0.4 is 0 Å². The smallest absolute Gasteiger partial charge is 0.225 e. The molecule has 0 amide bonds. The summed E-state index contributed by atoms with van der Waals surface area (Å²) in [4.78, 5) is 0. The van der Waals surface area contributed by atoms with Gasteiger partial charge in [0.1, 0.15) is 0 Å². The van der Waals surface area contributed by atoms with Gasteiger partial charge in [-0.1, -0.05) is 74.1 Å². The normalized spacial score (nSPS) is 17.2. The van der Waals surface area contributed by atoms with Crippen molar-refractivity contribution in [2.45, 2.75) is 112 Å². The molecule has 0 bridgehead atoms. The fraction of sp³-hybridized carbons (Fsp3) is 0.826. The first-order chi connectivity index (χ1) is 12.1. The summed E-state index contributed by atoms with van der Waals surface area (Å²) in [7, 11) is -2.55. The molecule has 0 unspecified atom stereocenters. The maximum absolute atomic E-state index is 6.14. The zero-order valence-corrected chi connectivity index (χ0v) is 21.3. The molecule has 1 heterocycles. The van der Waals surface area contributed by atoms with Gasteiger partial charge in [-0.15, -0.1) is 11.8 Å². The van der Waals surface area contributed by atoms with Gasteiger partial charge in [-0.2, -0.15) is 0 Å². The molecule has 2 nitrogen and oxygen atoms in total. The van der Waals surface area contributed by atoms with E-state index >= 15 is 0 Å². The van der Waals surface area contributed by atoms with E-state index in [2.05, 4.69) is 80.2 Å². The molecule has 27 heavy (non-hydrogen) atoms. The van der Waals surface area contributed by atoms with Crippen LogP contribution in [-0.2, 0) is 8.85 Å². The summed E-state index contributed by atoms with van der Waals surface area (Å²) in [6.45, 7) is 24.2. The van der Waals surface area contributed by atoms with Gasteiger partial charge in [0, 0.05) is 19.6 Å². The predicted molar refractivity (Wildman–Crippen MR) is 128 cm³/mol. The minimum Gasteiger partial charge on any atom is -0.419 e. The van der Waals surface area contributed by atoms with Crippen LogP contribution in [0.2, 0.25) is 22.2 Å². The van der Waals surface area contributed by atoms with Gasteiger partial charge in [0.15, 0.2) is 9.04 Å². The Labute approximate surface area is 174 Å². The zero-order chi connectivity index (χ0) is 20.3. The molecular weight excluding hydrogens is 364 g/mol. The second-order valence-corrected chi connectivity index (χ2v) is 17.3. The average molecular weight is 413 g/mol. The van der Waals surface area contributed by atoms with Crippen molar-refractivity contribution >= 4 is 17.4 Å². The standard InChI is InChI=1S/2C11H22OSi.CH4/c1-6-11-7-8-12-13(11,9(2)3)10(4)5;1-6-7-8-9-12-13(10(2)3)11(4)5;/h6,9-10H,7-8H2,1-5H3;10-11,13H,8-9H2,1-5H3;1H4/b11-6+;;. The summed E-state index contributed by atoms with van der Waals surface area (Å²) in [5.41, 5.74) is 2.88. The molecule has 4 heteroatoms. The Morgan fingerprint density at radius 2 is 1.59 bits per heavy atom. The SMILES string of the molecule is C.C/C=C1\CCO[Si]1(C(C)C)C(C)C.CC#CCCO[SiH](C(C)C)C(C)C. The van der Waals surface area contributed by atoms with Gasteiger partial charge in [0.25, 0.3) is 0 Å². The summed E-state index contributed by atoms with van der Waals surface area (Å²) < 4.78 is 12.0. The predicted octanol–water partition coefficient (Wildman–Crippen LogP) is 7.25. The lowest BCUT2D eigenvalue weighted by molar-refractivity contribution is 0.316. The first-order valence-corrected chi connectivity index (χ1v) is 14.3. The fourth-order valence-corrected chi connectivity index (χ4v) is 12.0. The van der Waals surface area contributed by atoms with E-state index in [1.165, 1.54) is 6.42 Å². The van der Waals surface area contributed by atoms with Gasteiger partial charge in [-0.05, 0) is 42.4 Å². The van der Waals surface area contributed by atoms with E-state index in [0.29, 0.717) is 11.1 Å². The van der Waals surface area contributed by atoms with E-state index in [1.54, 1.807) is 5.20 Å². The summed E-state index contributed by atoms with van der Waals surface area (Å²) in [6.07, 6.45) is 4.37. The van der Waals surface area contributed by atoms with E-state index in [9.17, 15) is 0 Å². The molecule has 1 fully saturated rings. The van der Waals surface area contributed by atoms with Gasteiger partial charge >= 0.3 is 0 Å². The van der Waals surface area contributed by atoms with Crippen molar-refractivity contribution in [1.82, 2.24) is 0 Å². The third kappa shape index (κ3) is 8.68. The highest BCUT2D eigenvalue weighted by Crippen LogP contribution is 2.44. The maximum Gasteiger partial charge on any atom is 0.225 e. The summed E-state index contributed by atoms with van der Waals surface area (Å²) in [5, 5.41) is 1.64. The first-order valence-electron chi connectivity index (χ1n) is 10.5. The molecule has 0 radical (unpaired) electrons. The molecule has 160 valence electrons. The molecular formula is C23H48O2Si2. The highest BCUT2D eigenvalue weighted by molar-refractivity contribution is 6.83. The molecule has 0 saturated carbocycles. The van der Waals surface area contributed by atoms with Crippen molar-refractivity contribution in [2.75, 3.05) is 13.2 Å². The third-order valence-corrected chi connectivity index (χ3v) is 14.2. The molecule has 1 rings (SSSR count). The minimum atomic E-state index is -1.56. The molecule has 1 saturated heterocycles. The van der Waals surface area contributed by atoms with Gasteiger partial charge in [-0.3, -0.25) is 0 Å². The Bertz CT molecular complexity index is 455. The lowest BCUT2D eigenvalue weighted by Crippen LogP contribution is -2.42. The van der Waals surface area contributed by atoms with E-state index < -0.39 is 17.4 Å². The van der Waals surface area contributed by atoms with Crippen molar-refractivity contribution in [1.29, 1.82) is 0 Å². The van der Waals surface area contributed by atoms with Crippen molar-refractivity contribution in [3.05, 3.63) is 11.3 Å². The van der Waals surface area contributed by atoms with Gasteiger partial charge in [-0.25, -0.2) is 0 Å². The molecule has 1 aliphatic rings. The molecule has 1 aliphatic heterocycles. The van der Waals surface area contributed by atoms with Gasteiger partial charge in [0.05, 0.1) is 0 Å². The molecule has 0 aliphatic carbocycles. The summed E-state index contributed by atoms with van der Waals surface area (Å²) >= 11 is 0. The Morgan fingerprint density at radius 1 is 1.07 bits per heavy atom. The number of hydrogen-bond donors (Lipinski definition) is 0. The molecule has 0 atom stereocenters. The van der Waals surface area contributed by atoms with Gasteiger partial charge < -0.3 is 8.85 Å². The molecule has 0 aromatic rings. The monoisotopic (exact) mass is 412 g/mol. The van der Waals surface area contributed by atoms with Gasteiger partial charge in [0.2, 0.25) is 8.32 Å². The third-order valence-electron chi connectivity index (χ3n) is 5.31. The van der Waals surface area contributed by atoms with Crippen LogP contribution in [0.1, 0.15) is 89.5 Å². The van der Waals surface area contributed by atoms with Crippen molar-refractivity contribution in [3.63, 3.8) is 0 Å². The number of rotatable bonds is 7. The van der Waals surface area contributed by atoms with Crippen LogP contribution in [0.5, 0.6) is 0 Å². The van der Waals surface area contributed by atoms with Crippen LogP contribution in [0.15, 0.2) is 11.3 Å². The van der Waals surface area contributed by atoms with Crippen molar-refractivity contribution < 1.29 is 8.85 Å². The van der Waals surface area contributed by atoms with E-state index in [4.69, 9.17) is 8.85 Å². The van der Waals surface area contributed by atoms with Crippen LogP contribution in [0, 0.1) is 11.8 Å². The Balaban J connectivity index is 0. The number of allylic oxidation sites excluding steroid dienone is 1. The van der Waals surface area contributed by atoms with Crippen LogP contribution in [0.4, 0.5) is 0 Å². The summed E-state index contributed by atoms with van der Waals surface area (Å²) in [5.74, 6) is 5.91. The molecule has 0 spiro atoms. The average Bonchev–Trinajstić information content (AvgIpc) is 3.00. The Hall–Kier alpha value is -0.346. The Morgan fingerprint density at radius 3 is 1.93 bits per heavy atom. The molecule has 0 aromatic heterocycles. The lowest BCUT2D eigenvalue weighted by Gasteiger charge is -2.35. The largest absolute Gasteiger partial charge is 0.419 e. The second kappa shape index (κ2) is 14.6. The maximum atomic E-state index is 6.14. The highest BCUT2D eigenvalue weighted by atomic mass is 28.4. The minimum absolute atomic E-state index is 0. The quantitative estimate of drug-likeness (QED) is 0.249. The zero-order valence-electron chi connectivity index (χ0n) is 19.1. The first kappa shape index (κ1) is 28.9. The second-order valence-electron chi connectivity index (χ2n) is 8.52. The van der Waals surface area contributed by atoms with E-state index in [0.717, 1.165) is 30.7 Å². The summed E-state index contributed by atoms with van der Waals surface area (Å²) in [6, 6.07) is 0. The lowest BCUT2D eigenvalue weighted by atomic mass is 10.4. The Kier molecular flexibility index (Phi) is 15.6. The van der Waals surface area contributed by atoms with Crippen LogP contribution >= 0.6 is 0 Å². The van der Waals surface area contributed by atoms with E-state index in [1.807, 2.05) is 6.92 Å². The topological polar surface area (TPSA) is 18.5 Å². The van der Waals surface area contributed by atoms with E-state index in [-0.39, 0.29) is 7.43 Å².